The molecule has 0 aromatic carbocycles. The normalized spacial score (nSPS) is 22.4. The fraction of sp³-hybridized carbons (Fsp3) is 0.867. The molecule has 0 saturated carbocycles. The second-order valence-electron chi connectivity index (χ2n) is 6.37. The topological polar surface area (TPSA) is 64.1 Å². The van der Waals surface area contributed by atoms with Gasteiger partial charge in [-0.25, -0.2) is 4.79 Å². The van der Waals surface area contributed by atoms with Crippen LogP contribution in [0.5, 0.6) is 0 Å². The lowest BCUT2D eigenvalue weighted by Gasteiger charge is -2.41. The zero-order chi connectivity index (χ0) is 16.0. The summed E-state index contributed by atoms with van der Waals surface area (Å²) in [5, 5.41) is 9.58. The van der Waals surface area contributed by atoms with E-state index >= 15 is 0 Å². The average Bonchev–Trinajstić information content (AvgIpc) is 2.44. The molecule has 0 aromatic rings. The van der Waals surface area contributed by atoms with Gasteiger partial charge in [-0.15, -0.1) is 0 Å². The summed E-state index contributed by atoms with van der Waals surface area (Å²) in [5.74, 6) is -0.766. The van der Waals surface area contributed by atoms with E-state index in [9.17, 15) is 14.7 Å². The van der Waals surface area contributed by atoms with Crippen LogP contribution in [0.2, 0.25) is 0 Å². The Bertz CT molecular complexity index is 369. The van der Waals surface area contributed by atoms with Gasteiger partial charge in [-0.3, -0.25) is 4.79 Å². The third-order valence-corrected chi connectivity index (χ3v) is 4.24. The van der Waals surface area contributed by atoms with Crippen LogP contribution in [0.1, 0.15) is 32.6 Å². The Balaban J connectivity index is 2.70. The summed E-state index contributed by atoms with van der Waals surface area (Å²) >= 11 is 0. The van der Waals surface area contributed by atoms with E-state index in [2.05, 4.69) is 0 Å². The second kappa shape index (κ2) is 7.64. The van der Waals surface area contributed by atoms with Crippen LogP contribution < -0.4 is 0 Å². The summed E-state index contributed by atoms with van der Waals surface area (Å²) in [6, 6.07) is -0.0571. The number of aliphatic carboxylic acids is 1. The van der Waals surface area contributed by atoms with Gasteiger partial charge in [-0.05, 0) is 33.4 Å². The van der Waals surface area contributed by atoms with Gasteiger partial charge in [-0.2, -0.15) is 0 Å². The smallest absolute Gasteiger partial charge is 0.319 e. The van der Waals surface area contributed by atoms with E-state index in [-0.39, 0.29) is 6.03 Å². The molecular weight excluding hydrogens is 270 g/mol. The van der Waals surface area contributed by atoms with Crippen molar-refractivity contribution in [2.45, 2.75) is 32.6 Å². The molecule has 1 rings (SSSR count). The Labute approximate surface area is 127 Å². The number of nitrogens with zero attached hydrogens (tertiary/aromatic N) is 3. The van der Waals surface area contributed by atoms with Crippen molar-refractivity contribution in [2.24, 2.45) is 5.41 Å². The second-order valence-corrected chi connectivity index (χ2v) is 6.37. The van der Waals surface area contributed by atoms with Crippen LogP contribution in [0.3, 0.4) is 0 Å². The zero-order valence-corrected chi connectivity index (χ0v) is 13.8. The van der Waals surface area contributed by atoms with Gasteiger partial charge in [-0.1, -0.05) is 13.3 Å². The quantitative estimate of drug-likeness (QED) is 0.808. The van der Waals surface area contributed by atoms with Crippen LogP contribution in [-0.2, 0) is 4.79 Å². The minimum Gasteiger partial charge on any atom is -0.481 e. The average molecular weight is 299 g/mol. The van der Waals surface area contributed by atoms with Crippen molar-refractivity contribution < 1.29 is 14.7 Å². The highest BCUT2D eigenvalue weighted by Crippen LogP contribution is 2.35. The number of rotatable bonds is 6. The number of carbonyl (C=O) groups excluding carboxylic acids is 1. The molecule has 0 aliphatic carbocycles. The van der Waals surface area contributed by atoms with E-state index in [0.29, 0.717) is 32.5 Å². The molecule has 0 bridgehead atoms. The molecule has 1 aliphatic heterocycles. The van der Waals surface area contributed by atoms with Gasteiger partial charge >= 0.3 is 12.0 Å². The number of carboxylic acids is 1. The number of hydrogen-bond acceptors (Lipinski definition) is 3. The maximum Gasteiger partial charge on any atom is 0.319 e. The number of hydrogen-bond donors (Lipinski definition) is 1. The first-order valence-corrected chi connectivity index (χ1v) is 7.70. The van der Waals surface area contributed by atoms with E-state index in [1.165, 1.54) is 0 Å². The molecule has 2 amide bonds. The third kappa shape index (κ3) is 4.59. The van der Waals surface area contributed by atoms with Crippen molar-refractivity contribution in [2.75, 3.05) is 47.3 Å². The molecule has 1 N–H and O–H groups in total. The monoisotopic (exact) mass is 299 g/mol. The first kappa shape index (κ1) is 17.8. The van der Waals surface area contributed by atoms with Crippen molar-refractivity contribution in [3.8, 4) is 0 Å². The lowest BCUT2D eigenvalue weighted by molar-refractivity contribution is -0.152. The van der Waals surface area contributed by atoms with Gasteiger partial charge in [0.2, 0.25) is 0 Å². The largest absolute Gasteiger partial charge is 0.481 e. The van der Waals surface area contributed by atoms with E-state index in [1.807, 2.05) is 25.9 Å². The number of urea groups is 1. The van der Waals surface area contributed by atoms with Gasteiger partial charge in [0, 0.05) is 33.2 Å². The summed E-state index contributed by atoms with van der Waals surface area (Å²) in [7, 11) is 5.72. The van der Waals surface area contributed by atoms with Crippen LogP contribution in [-0.4, -0.2) is 79.1 Å². The fourth-order valence-electron chi connectivity index (χ4n) is 2.95. The van der Waals surface area contributed by atoms with Crippen molar-refractivity contribution in [3.05, 3.63) is 0 Å². The Morgan fingerprint density at radius 2 is 1.90 bits per heavy atom. The highest BCUT2D eigenvalue weighted by molar-refractivity contribution is 5.78. The molecular formula is C15H29N3O3. The maximum atomic E-state index is 12.5. The van der Waals surface area contributed by atoms with Gasteiger partial charge in [0.25, 0.3) is 0 Å². The molecule has 1 unspecified atom stereocenters. The minimum atomic E-state index is -0.766. The SMILES string of the molecule is CCCC1(C(=O)O)CCCN(C(=O)N(C)CCN(C)C)C1. The number of likely N-dealkylation sites (tertiary alicyclic amines) is 1. The highest BCUT2D eigenvalue weighted by atomic mass is 16.4. The van der Waals surface area contributed by atoms with Gasteiger partial charge in [0.05, 0.1) is 5.41 Å². The van der Waals surface area contributed by atoms with Crippen LogP contribution in [0.4, 0.5) is 4.79 Å². The predicted molar refractivity (Wildman–Crippen MR) is 82.4 cm³/mol. The molecule has 0 spiro atoms. The molecule has 0 aromatic heterocycles. The first-order valence-electron chi connectivity index (χ1n) is 7.70. The standard InChI is InChI=1S/C15H29N3O3/c1-5-7-15(13(19)20)8-6-9-18(12-15)14(21)17(4)11-10-16(2)3/h5-12H2,1-4H3,(H,19,20). The summed E-state index contributed by atoms with van der Waals surface area (Å²) in [6.07, 6.45) is 2.89. The summed E-state index contributed by atoms with van der Waals surface area (Å²) in [5.41, 5.74) is -0.759. The zero-order valence-electron chi connectivity index (χ0n) is 13.8. The predicted octanol–water partition coefficient (Wildman–Crippen LogP) is 1.57. The molecule has 122 valence electrons. The third-order valence-electron chi connectivity index (χ3n) is 4.24. The summed E-state index contributed by atoms with van der Waals surface area (Å²) in [6.45, 7) is 4.44. The summed E-state index contributed by atoms with van der Waals surface area (Å²) < 4.78 is 0. The molecule has 1 atom stereocenters. The number of carboxylic acid groups (broad SMARTS) is 1. The molecule has 6 nitrogen and oxygen atoms in total. The molecule has 1 heterocycles. The van der Waals surface area contributed by atoms with Gasteiger partial charge < -0.3 is 19.8 Å². The van der Waals surface area contributed by atoms with E-state index in [0.717, 1.165) is 19.4 Å². The fourth-order valence-corrected chi connectivity index (χ4v) is 2.95. The Morgan fingerprint density at radius 3 is 2.43 bits per heavy atom. The molecule has 1 fully saturated rings. The molecule has 1 saturated heterocycles. The van der Waals surface area contributed by atoms with Crippen molar-refractivity contribution in [1.29, 1.82) is 0 Å². The van der Waals surface area contributed by atoms with Crippen molar-refractivity contribution in [1.82, 2.24) is 14.7 Å². The van der Waals surface area contributed by atoms with Crippen LogP contribution in [0, 0.1) is 5.41 Å². The number of piperidine rings is 1. The lowest BCUT2D eigenvalue weighted by atomic mass is 9.76. The Hall–Kier alpha value is -1.30. The summed E-state index contributed by atoms with van der Waals surface area (Å²) in [4.78, 5) is 29.5. The van der Waals surface area contributed by atoms with Gasteiger partial charge in [0.15, 0.2) is 0 Å². The van der Waals surface area contributed by atoms with Gasteiger partial charge in [0.1, 0.15) is 0 Å². The molecule has 1 aliphatic rings. The van der Waals surface area contributed by atoms with Crippen LogP contribution >= 0.6 is 0 Å². The van der Waals surface area contributed by atoms with Crippen molar-refractivity contribution >= 4 is 12.0 Å². The first-order chi connectivity index (χ1) is 9.82. The number of carbonyl (C=O) groups is 2. The van der Waals surface area contributed by atoms with Crippen LogP contribution in [0.15, 0.2) is 0 Å². The Kier molecular flexibility index (Phi) is 6.45. The van der Waals surface area contributed by atoms with Crippen LogP contribution in [0.25, 0.3) is 0 Å². The Morgan fingerprint density at radius 1 is 1.24 bits per heavy atom. The molecule has 0 radical (unpaired) electrons. The minimum absolute atomic E-state index is 0.0571. The van der Waals surface area contributed by atoms with Crippen molar-refractivity contribution in [3.63, 3.8) is 0 Å². The van der Waals surface area contributed by atoms with E-state index in [4.69, 9.17) is 0 Å². The number of amides is 2. The lowest BCUT2D eigenvalue weighted by Crippen LogP contribution is -2.53. The highest BCUT2D eigenvalue weighted by Gasteiger charge is 2.43. The maximum absolute atomic E-state index is 12.5. The van der Waals surface area contributed by atoms with E-state index < -0.39 is 11.4 Å². The number of likely N-dealkylation sites (N-methyl/N-ethyl adjacent to an activating group) is 2. The van der Waals surface area contributed by atoms with E-state index in [1.54, 1.807) is 16.8 Å². The molecule has 21 heavy (non-hydrogen) atoms. The molecule has 6 heteroatoms.